The summed E-state index contributed by atoms with van der Waals surface area (Å²) in [5.41, 5.74) is 0.663. The van der Waals surface area contributed by atoms with Crippen LogP contribution in [0.3, 0.4) is 0 Å². The molecular formula is C12H14NO2. The molecule has 0 N–H and O–H groups in total. The molecule has 3 heteroatoms. The zero-order valence-electron chi connectivity index (χ0n) is 8.82. The van der Waals surface area contributed by atoms with Gasteiger partial charge in [0.25, 0.3) is 5.91 Å². The third-order valence-corrected chi connectivity index (χ3v) is 2.64. The minimum Gasteiger partial charge on any atom is -0.497 e. The van der Waals surface area contributed by atoms with Crippen LogP contribution in [0.15, 0.2) is 18.2 Å². The summed E-state index contributed by atoms with van der Waals surface area (Å²) in [6.07, 6.45) is 2.22. The Hall–Kier alpha value is -1.51. The van der Waals surface area contributed by atoms with Crippen molar-refractivity contribution >= 4 is 5.91 Å². The first kappa shape index (κ1) is 10.0. The van der Waals surface area contributed by atoms with Crippen LogP contribution in [0.2, 0.25) is 0 Å². The van der Waals surface area contributed by atoms with Crippen LogP contribution in [0.4, 0.5) is 0 Å². The number of hydrogen-bond donors (Lipinski definition) is 0. The molecule has 1 amide bonds. The van der Waals surface area contributed by atoms with Gasteiger partial charge in [0.2, 0.25) is 0 Å². The average molecular weight is 204 g/mol. The van der Waals surface area contributed by atoms with Crippen LogP contribution in [0.5, 0.6) is 5.75 Å². The molecule has 0 aliphatic carbocycles. The van der Waals surface area contributed by atoms with Crippen molar-refractivity contribution < 1.29 is 9.53 Å². The monoisotopic (exact) mass is 204 g/mol. The van der Waals surface area contributed by atoms with Crippen LogP contribution in [0, 0.1) is 6.07 Å². The standard InChI is InChI=1S/C12H14NO2/c1-15-11-6-4-5-10(9-11)12(14)13-7-2-3-8-13/h5-6,9H,2-3,7-8H2,1H3. The molecule has 1 heterocycles. The fourth-order valence-electron chi connectivity index (χ4n) is 1.79. The first-order chi connectivity index (χ1) is 7.31. The van der Waals surface area contributed by atoms with Gasteiger partial charge in [0.05, 0.1) is 7.11 Å². The lowest BCUT2D eigenvalue weighted by atomic mass is 10.2. The van der Waals surface area contributed by atoms with Crippen molar-refractivity contribution in [3.8, 4) is 5.75 Å². The Kier molecular flexibility index (Phi) is 2.90. The van der Waals surface area contributed by atoms with E-state index in [-0.39, 0.29) is 5.91 Å². The second kappa shape index (κ2) is 4.34. The third-order valence-electron chi connectivity index (χ3n) is 2.64. The molecule has 0 saturated carbocycles. The lowest BCUT2D eigenvalue weighted by molar-refractivity contribution is 0.0792. The summed E-state index contributed by atoms with van der Waals surface area (Å²) in [6, 6.07) is 8.11. The molecule has 15 heavy (non-hydrogen) atoms. The fraction of sp³-hybridized carbons (Fsp3) is 0.417. The molecule has 1 aromatic rings. The van der Waals surface area contributed by atoms with E-state index in [1.807, 2.05) is 4.90 Å². The van der Waals surface area contributed by atoms with E-state index in [0.717, 1.165) is 25.9 Å². The number of methoxy groups -OCH3 is 1. The minimum atomic E-state index is 0.0858. The number of benzene rings is 1. The zero-order valence-corrected chi connectivity index (χ0v) is 8.82. The number of carbonyl (C=O) groups is 1. The van der Waals surface area contributed by atoms with Gasteiger partial charge in [-0.2, -0.15) is 0 Å². The Morgan fingerprint density at radius 3 is 2.80 bits per heavy atom. The number of carbonyl (C=O) groups excluding carboxylic acids is 1. The third kappa shape index (κ3) is 2.12. The summed E-state index contributed by atoms with van der Waals surface area (Å²) in [5.74, 6) is 0.766. The summed E-state index contributed by atoms with van der Waals surface area (Å²) >= 11 is 0. The normalized spacial score (nSPS) is 15.4. The SMILES string of the molecule is COc1c[c]cc(C(=O)N2CCCC2)c1. The molecule has 1 aliphatic heterocycles. The molecule has 2 rings (SSSR count). The first-order valence-electron chi connectivity index (χ1n) is 5.15. The highest BCUT2D eigenvalue weighted by molar-refractivity contribution is 5.94. The van der Waals surface area contributed by atoms with E-state index >= 15 is 0 Å². The summed E-state index contributed by atoms with van der Waals surface area (Å²) < 4.78 is 5.07. The van der Waals surface area contributed by atoms with Gasteiger partial charge in [-0.15, -0.1) is 0 Å². The predicted octanol–water partition coefficient (Wildman–Crippen LogP) is 1.73. The maximum Gasteiger partial charge on any atom is 0.254 e. The van der Waals surface area contributed by atoms with Gasteiger partial charge in [0, 0.05) is 18.7 Å². The Balaban J connectivity index is 2.17. The molecule has 1 fully saturated rings. The first-order valence-corrected chi connectivity index (χ1v) is 5.15. The van der Waals surface area contributed by atoms with E-state index in [4.69, 9.17) is 4.74 Å². The van der Waals surface area contributed by atoms with Crippen LogP contribution >= 0.6 is 0 Å². The van der Waals surface area contributed by atoms with Gasteiger partial charge in [-0.1, -0.05) is 0 Å². The van der Waals surface area contributed by atoms with Gasteiger partial charge in [0.15, 0.2) is 0 Å². The highest BCUT2D eigenvalue weighted by Crippen LogP contribution is 2.16. The smallest absolute Gasteiger partial charge is 0.254 e. The van der Waals surface area contributed by atoms with Crippen LogP contribution in [0.1, 0.15) is 23.2 Å². The Bertz CT molecular complexity index is 356. The molecular weight excluding hydrogens is 190 g/mol. The van der Waals surface area contributed by atoms with E-state index in [1.54, 1.807) is 25.3 Å². The predicted molar refractivity (Wildman–Crippen MR) is 57.0 cm³/mol. The molecule has 0 bridgehead atoms. The lowest BCUT2D eigenvalue weighted by Gasteiger charge is -2.15. The Morgan fingerprint density at radius 2 is 2.13 bits per heavy atom. The van der Waals surface area contributed by atoms with E-state index in [1.165, 1.54) is 0 Å². The molecule has 1 radical (unpaired) electrons. The molecule has 1 aromatic carbocycles. The van der Waals surface area contributed by atoms with Crippen molar-refractivity contribution in [1.82, 2.24) is 4.90 Å². The molecule has 1 saturated heterocycles. The van der Waals surface area contributed by atoms with E-state index < -0.39 is 0 Å². The number of likely N-dealkylation sites (tertiary alicyclic amines) is 1. The maximum absolute atomic E-state index is 12.0. The van der Waals surface area contributed by atoms with Crippen molar-refractivity contribution in [3.63, 3.8) is 0 Å². The van der Waals surface area contributed by atoms with Gasteiger partial charge in [-0.25, -0.2) is 0 Å². The van der Waals surface area contributed by atoms with Crippen LogP contribution in [0.25, 0.3) is 0 Å². The molecule has 0 aromatic heterocycles. The van der Waals surface area contributed by atoms with Crippen LogP contribution < -0.4 is 4.74 Å². The average Bonchev–Trinajstić information content (AvgIpc) is 2.81. The molecule has 0 spiro atoms. The second-order valence-electron chi connectivity index (χ2n) is 3.66. The molecule has 1 aliphatic rings. The topological polar surface area (TPSA) is 29.5 Å². The number of nitrogens with zero attached hydrogens (tertiary/aromatic N) is 1. The zero-order chi connectivity index (χ0) is 10.7. The van der Waals surface area contributed by atoms with Crippen LogP contribution in [-0.4, -0.2) is 31.0 Å². The number of ether oxygens (including phenoxy) is 1. The van der Waals surface area contributed by atoms with E-state index in [2.05, 4.69) is 6.07 Å². The summed E-state index contributed by atoms with van der Waals surface area (Å²) in [6.45, 7) is 1.74. The van der Waals surface area contributed by atoms with Gasteiger partial charge in [-0.05, 0) is 37.1 Å². The number of hydrogen-bond acceptors (Lipinski definition) is 2. The molecule has 3 nitrogen and oxygen atoms in total. The van der Waals surface area contributed by atoms with Crippen molar-refractivity contribution in [1.29, 1.82) is 0 Å². The van der Waals surface area contributed by atoms with Crippen LogP contribution in [-0.2, 0) is 0 Å². The highest BCUT2D eigenvalue weighted by Gasteiger charge is 2.19. The molecule has 0 unspecified atom stereocenters. The Labute approximate surface area is 89.7 Å². The summed E-state index contributed by atoms with van der Waals surface area (Å²) in [4.78, 5) is 13.8. The van der Waals surface area contributed by atoms with Crippen molar-refractivity contribution in [2.45, 2.75) is 12.8 Å². The van der Waals surface area contributed by atoms with Crippen molar-refractivity contribution in [2.24, 2.45) is 0 Å². The van der Waals surface area contributed by atoms with Crippen molar-refractivity contribution in [2.75, 3.05) is 20.2 Å². The summed E-state index contributed by atoms with van der Waals surface area (Å²) in [7, 11) is 1.59. The van der Waals surface area contributed by atoms with Gasteiger partial charge >= 0.3 is 0 Å². The fourth-order valence-corrected chi connectivity index (χ4v) is 1.79. The Morgan fingerprint density at radius 1 is 1.40 bits per heavy atom. The van der Waals surface area contributed by atoms with E-state index in [9.17, 15) is 4.79 Å². The minimum absolute atomic E-state index is 0.0858. The van der Waals surface area contributed by atoms with Gasteiger partial charge in [-0.3, -0.25) is 4.79 Å². The van der Waals surface area contributed by atoms with Crippen molar-refractivity contribution in [3.05, 3.63) is 29.8 Å². The quantitative estimate of drug-likeness (QED) is 0.734. The second-order valence-corrected chi connectivity index (χ2v) is 3.66. The largest absolute Gasteiger partial charge is 0.497 e. The number of rotatable bonds is 2. The van der Waals surface area contributed by atoms with Gasteiger partial charge in [0.1, 0.15) is 5.75 Å². The lowest BCUT2D eigenvalue weighted by Crippen LogP contribution is -2.27. The van der Waals surface area contributed by atoms with E-state index in [0.29, 0.717) is 11.3 Å². The highest BCUT2D eigenvalue weighted by atomic mass is 16.5. The van der Waals surface area contributed by atoms with Gasteiger partial charge < -0.3 is 9.64 Å². The number of amides is 1. The summed E-state index contributed by atoms with van der Waals surface area (Å²) in [5, 5.41) is 0. The molecule has 0 atom stereocenters. The molecule has 79 valence electrons. The maximum atomic E-state index is 12.0.